The fraction of sp³-hybridized carbons (Fsp3) is 0.348. The molecule has 0 radical (unpaired) electrons. The largest absolute Gasteiger partial charge is 0.325 e. The van der Waals surface area contributed by atoms with Gasteiger partial charge in [-0.3, -0.25) is 19.3 Å². The van der Waals surface area contributed by atoms with Crippen LogP contribution in [-0.4, -0.2) is 42.1 Å². The number of nitrogens with one attached hydrogen (secondary N) is 2. The molecule has 2 amide bonds. The minimum absolute atomic E-state index is 0.0268. The number of benzene rings is 2. The first-order valence-electron chi connectivity index (χ1n) is 9.58. The summed E-state index contributed by atoms with van der Waals surface area (Å²) in [6, 6.07) is 10.3. The molecule has 0 fully saturated rings. The van der Waals surface area contributed by atoms with Crippen molar-refractivity contribution >= 4 is 29.0 Å². The van der Waals surface area contributed by atoms with Crippen LogP contribution in [0.5, 0.6) is 0 Å². The van der Waals surface area contributed by atoms with Gasteiger partial charge in [0.2, 0.25) is 11.8 Å². The summed E-state index contributed by atoms with van der Waals surface area (Å²) in [7, 11) is 1.73. The number of anilines is 2. The lowest BCUT2D eigenvalue weighted by Crippen LogP contribution is -2.43. The van der Waals surface area contributed by atoms with Crippen LogP contribution in [0, 0.1) is 20.8 Å². The molecule has 154 valence electrons. The zero-order valence-electron chi connectivity index (χ0n) is 17.9. The van der Waals surface area contributed by atoms with Gasteiger partial charge in [-0.2, -0.15) is 0 Å². The first-order chi connectivity index (χ1) is 13.6. The number of ketones is 1. The predicted octanol–water partition coefficient (Wildman–Crippen LogP) is 3.71. The number of likely N-dealkylation sites (N-methyl/N-ethyl adjacent to an activating group) is 1. The molecule has 0 heterocycles. The van der Waals surface area contributed by atoms with E-state index < -0.39 is 6.04 Å². The Labute approximate surface area is 172 Å². The molecule has 0 bridgehead atoms. The van der Waals surface area contributed by atoms with Crippen molar-refractivity contribution in [2.24, 2.45) is 0 Å². The molecule has 0 spiro atoms. The van der Waals surface area contributed by atoms with Crippen LogP contribution in [0.2, 0.25) is 0 Å². The quantitative estimate of drug-likeness (QED) is 0.701. The number of rotatable bonds is 7. The molecule has 2 N–H and O–H groups in total. The molecule has 0 saturated carbocycles. The Balaban J connectivity index is 1.95. The number of hydrogen-bond acceptors (Lipinski definition) is 4. The van der Waals surface area contributed by atoms with Gasteiger partial charge in [-0.05, 0) is 77.1 Å². The van der Waals surface area contributed by atoms with Gasteiger partial charge in [0.15, 0.2) is 5.78 Å². The summed E-state index contributed by atoms with van der Waals surface area (Å²) in [6.45, 7) is 9.28. The maximum atomic E-state index is 12.5. The molecule has 0 saturated heterocycles. The first kappa shape index (κ1) is 22.3. The zero-order valence-corrected chi connectivity index (χ0v) is 17.9. The van der Waals surface area contributed by atoms with Gasteiger partial charge in [-0.15, -0.1) is 0 Å². The van der Waals surface area contributed by atoms with Crippen LogP contribution in [0.4, 0.5) is 11.4 Å². The van der Waals surface area contributed by atoms with Crippen molar-refractivity contribution in [3.8, 4) is 0 Å². The number of carbonyl (C=O) groups is 3. The van der Waals surface area contributed by atoms with Gasteiger partial charge in [0, 0.05) is 16.9 Å². The molecule has 0 unspecified atom stereocenters. The summed E-state index contributed by atoms with van der Waals surface area (Å²) < 4.78 is 0. The Kier molecular flexibility index (Phi) is 7.29. The third-order valence-corrected chi connectivity index (χ3v) is 4.93. The molecule has 2 rings (SSSR count). The van der Waals surface area contributed by atoms with Crippen LogP contribution in [0.15, 0.2) is 36.4 Å². The Morgan fingerprint density at radius 3 is 2.03 bits per heavy atom. The first-order valence-corrected chi connectivity index (χ1v) is 9.58. The number of hydrogen-bond donors (Lipinski definition) is 2. The number of aryl methyl sites for hydroxylation is 3. The highest BCUT2D eigenvalue weighted by Crippen LogP contribution is 2.22. The van der Waals surface area contributed by atoms with Gasteiger partial charge in [0.05, 0.1) is 12.6 Å². The molecule has 6 heteroatoms. The Hall–Kier alpha value is -2.99. The van der Waals surface area contributed by atoms with Crippen molar-refractivity contribution in [3.05, 3.63) is 58.7 Å². The van der Waals surface area contributed by atoms with Crippen LogP contribution in [-0.2, 0) is 9.59 Å². The Morgan fingerprint density at radius 2 is 1.52 bits per heavy atom. The standard InChI is InChI=1S/C23H29N3O3/c1-14-11-15(2)22(16(3)12-14)25-21(28)13-26(6)17(4)23(29)24-20-9-7-19(8-10-20)18(5)27/h7-12,17H,13H2,1-6H3,(H,24,29)(H,25,28)/t17-/m1/s1. The van der Waals surface area contributed by atoms with E-state index in [9.17, 15) is 14.4 Å². The van der Waals surface area contributed by atoms with Gasteiger partial charge in [-0.1, -0.05) is 17.7 Å². The van der Waals surface area contributed by atoms with E-state index >= 15 is 0 Å². The van der Waals surface area contributed by atoms with Gasteiger partial charge < -0.3 is 10.6 Å². The molecular weight excluding hydrogens is 366 g/mol. The second-order valence-corrected chi connectivity index (χ2v) is 7.54. The summed E-state index contributed by atoms with van der Waals surface area (Å²) in [4.78, 5) is 38.0. The Morgan fingerprint density at radius 1 is 0.966 bits per heavy atom. The van der Waals surface area contributed by atoms with Crippen LogP contribution < -0.4 is 10.6 Å². The van der Waals surface area contributed by atoms with E-state index in [2.05, 4.69) is 10.6 Å². The lowest BCUT2D eigenvalue weighted by atomic mass is 10.1. The number of carbonyl (C=O) groups excluding carboxylic acids is 3. The lowest BCUT2D eigenvalue weighted by molar-refractivity contribution is -0.122. The molecule has 0 aliphatic rings. The molecule has 0 aromatic heterocycles. The minimum Gasteiger partial charge on any atom is -0.325 e. The van der Waals surface area contributed by atoms with Crippen molar-refractivity contribution < 1.29 is 14.4 Å². The molecule has 2 aromatic rings. The highest BCUT2D eigenvalue weighted by atomic mass is 16.2. The summed E-state index contributed by atoms with van der Waals surface area (Å²) in [6.07, 6.45) is 0. The highest BCUT2D eigenvalue weighted by Gasteiger charge is 2.21. The van der Waals surface area contributed by atoms with Crippen molar-refractivity contribution in [1.82, 2.24) is 4.90 Å². The van der Waals surface area contributed by atoms with Crippen molar-refractivity contribution in [3.63, 3.8) is 0 Å². The third-order valence-electron chi connectivity index (χ3n) is 4.93. The van der Waals surface area contributed by atoms with Crippen LogP contribution in [0.1, 0.15) is 40.9 Å². The highest BCUT2D eigenvalue weighted by molar-refractivity contribution is 5.98. The SMILES string of the molecule is CC(=O)c1ccc(NC(=O)[C@@H](C)N(C)CC(=O)Nc2c(C)cc(C)cc2C)cc1. The second-order valence-electron chi connectivity index (χ2n) is 7.54. The average molecular weight is 396 g/mol. The smallest absolute Gasteiger partial charge is 0.241 e. The van der Waals surface area contributed by atoms with E-state index in [1.807, 2.05) is 32.9 Å². The molecule has 29 heavy (non-hydrogen) atoms. The van der Waals surface area contributed by atoms with Crippen molar-refractivity contribution in [2.45, 2.75) is 40.7 Å². The molecular formula is C23H29N3O3. The topological polar surface area (TPSA) is 78.5 Å². The predicted molar refractivity (Wildman–Crippen MR) is 116 cm³/mol. The van der Waals surface area contributed by atoms with E-state index in [4.69, 9.17) is 0 Å². The van der Waals surface area contributed by atoms with Crippen LogP contribution >= 0.6 is 0 Å². The van der Waals surface area contributed by atoms with E-state index in [-0.39, 0.29) is 24.1 Å². The summed E-state index contributed by atoms with van der Waals surface area (Å²) in [5, 5.41) is 5.77. The summed E-state index contributed by atoms with van der Waals surface area (Å²) in [5.41, 5.74) is 5.19. The van der Waals surface area contributed by atoms with E-state index in [0.29, 0.717) is 11.3 Å². The summed E-state index contributed by atoms with van der Waals surface area (Å²) in [5.74, 6) is -0.423. The van der Waals surface area contributed by atoms with Gasteiger partial charge in [0.1, 0.15) is 0 Å². The normalized spacial score (nSPS) is 11.8. The van der Waals surface area contributed by atoms with Gasteiger partial charge >= 0.3 is 0 Å². The van der Waals surface area contributed by atoms with Gasteiger partial charge in [0.25, 0.3) is 0 Å². The summed E-state index contributed by atoms with van der Waals surface area (Å²) >= 11 is 0. The average Bonchev–Trinajstić information content (AvgIpc) is 2.64. The molecule has 2 aromatic carbocycles. The minimum atomic E-state index is -0.506. The number of nitrogens with zero attached hydrogens (tertiary/aromatic N) is 1. The van der Waals surface area contributed by atoms with E-state index in [1.165, 1.54) is 6.92 Å². The zero-order chi connectivity index (χ0) is 21.7. The maximum Gasteiger partial charge on any atom is 0.241 e. The molecule has 1 atom stereocenters. The number of amides is 2. The molecule has 6 nitrogen and oxygen atoms in total. The lowest BCUT2D eigenvalue weighted by Gasteiger charge is -2.24. The monoisotopic (exact) mass is 395 g/mol. The van der Waals surface area contributed by atoms with Gasteiger partial charge in [-0.25, -0.2) is 0 Å². The molecule has 0 aliphatic heterocycles. The van der Waals surface area contributed by atoms with Crippen LogP contribution in [0.3, 0.4) is 0 Å². The Bertz CT molecular complexity index is 896. The number of Topliss-reactive ketones (excluding diaryl/α,β-unsaturated/α-hetero) is 1. The second kappa shape index (κ2) is 9.47. The fourth-order valence-electron chi connectivity index (χ4n) is 3.15. The van der Waals surface area contributed by atoms with Crippen LogP contribution in [0.25, 0.3) is 0 Å². The van der Waals surface area contributed by atoms with E-state index in [0.717, 1.165) is 22.4 Å². The van der Waals surface area contributed by atoms with Crippen molar-refractivity contribution in [2.75, 3.05) is 24.2 Å². The fourth-order valence-corrected chi connectivity index (χ4v) is 3.15. The van der Waals surface area contributed by atoms with E-state index in [1.54, 1.807) is 43.1 Å². The van der Waals surface area contributed by atoms with Crippen molar-refractivity contribution in [1.29, 1.82) is 0 Å². The maximum absolute atomic E-state index is 12.5. The molecule has 0 aliphatic carbocycles. The third kappa shape index (κ3) is 5.99.